The predicted molar refractivity (Wildman–Crippen MR) is 60.4 cm³/mol. The molecule has 84 valence electrons. The highest BCUT2D eigenvalue weighted by molar-refractivity contribution is 7.91. The molecule has 1 unspecified atom stereocenters. The van der Waals surface area contributed by atoms with Crippen LogP contribution in [0.5, 0.6) is 0 Å². The molecule has 0 spiro atoms. The zero-order valence-corrected chi connectivity index (χ0v) is 9.98. The standard InChI is InChI=1S/C9H14N2O2S2/c10-5-7-6-14-9(11-7)8-3-1-2-4-15(8,12)13/h6,8H,1-5,10H2. The van der Waals surface area contributed by atoms with Gasteiger partial charge < -0.3 is 5.73 Å². The van der Waals surface area contributed by atoms with E-state index in [4.69, 9.17) is 5.73 Å². The van der Waals surface area contributed by atoms with Crippen molar-refractivity contribution in [3.63, 3.8) is 0 Å². The number of hydrogen-bond donors (Lipinski definition) is 1. The first-order valence-electron chi connectivity index (χ1n) is 4.99. The van der Waals surface area contributed by atoms with Gasteiger partial charge in [0, 0.05) is 11.9 Å². The van der Waals surface area contributed by atoms with Crippen LogP contribution in [-0.4, -0.2) is 19.2 Å². The quantitative estimate of drug-likeness (QED) is 0.852. The van der Waals surface area contributed by atoms with Crippen molar-refractivity contribution >= 4 is 21.2 Å². The highest BCUT2D eigenvalue weighted by Gasteiger charge is 2.32. The van der Waals surface area contributed by atoms with Crippen LogP contribution in [0, 0.1) is 0 Å². The second-order valence-electron chi connectivity index (χ2n) is 3.73. The summed E-state index contributed by atoms with van der Waals surface area (Å²) < 4.78 is 23.6. The molecule has 0 aliphatic carbocycles. The summed E-state index contributed by atoms with van der Waals surface area (Å²) in [5, 5.41) is 2.19. The van der Waals surface area contributed by atoms with Crippen LogP contribution < -0.4 is 5.73 Å². The topological polar surface area (TPSA) is 73.1 Å². The lowest BCUT2D eigenvalue weighted by Gasteiger charge is -2.19. The van der Waals surface area contributed by atoms with E-state index in [1.807, 2.05) is 5.38 Å². The Kier molecular flexibility index (Phi) is 3.08. The summed E-state index contributed by atoms with van der Waals surface area (Å²) in [6.45, 7) is 0.378. The molecule has 2 rings (SSSR count). The van der Waals surface area contributed by atoms with Crippen molar-refractivity contribution in [1.82, 2.24) is 4.98 Å². The molecule has 0 amide bonds. The molecule has 0 radical (unpaired) electrons. The van der Waals surface area contributed by atoms with Gasteiger partial charge in [0.2, 0.25) is 0 Å². The van der Waals surface area contributed by atoms with Crippen molar-refractivity contribution in [2.75, 3.05) is 5.75 Å². The van der Waals surface area contributed by atoms with Gasteiger partial charge in [-0.05, 0) is 12.8 Å². The molecule has 1 atom stereocenters. The lowest BCUT2D eigenvalue weighted by molar-refractivity contribution is 0.545. The summed E-state index contributed by atoms with van der Waals surface area (Å²) in [6, 6.07) is 0. The van der Waals surface area contributed by atoms with Gasteiger partial charge in [0.25, 0.3) is 0 Å². The summed E-state index contributed by atoms with van der Waals surface area (Å²) in [7, 11) is -2.96. The Bertz CT molecular complexity index is 439. The van der Waals surface area contributed by atoms with Gasteiger partial charge in [-0.25, -0.2) is 13.4 Å². The van der Waals surface area contributed by atoms with Crippen molar-refractivity contribution in [1.29, 1.82) is 0 Å². The maximum Gasteiger partial charge on any atom is 0.159 e. The predicted octanol–water partition coefficient (Wildman–Crippen LogP) is 1.24. The SMILES string of the molecule is NCc1csc(C2CCCCS2(=O)=O)n1. The Morgan fingerprint density at radius 1 is 1.53 bits per heavy atom. The molecule has 0 aromatic carbocycles. The fraction of sp³-hybridized carbons (Fsp3) is 0.667. The fourth-order valence-corrected chi connectivity index (χ4v) is 5.02. The van der Waals surface area contributed by atoms with Crippen LogP contribution in [0.1, 0.15) is 35.2 Å². The summed E-state index contributed by atoms with van der Waals surface area (Å²) in [4.78, 5) is 4.26. The van der Waals surface area contributed by atoms with Gasteiger partial charge in [-0.1, -0.05) is 6.42 Å². The van der Waals surface area contributed by atoms with Crippen LogP contribution in [0.3, 0.4) is 0 Å². The number of rotatable bonds is 2. The molecule has 2 heterocycles. The summed E-state index contributed by atoms with van der Waals surface area (Å²) >= 11 is 1.41. The first kappa shape index (κ1) is 11.0. The van der Waals surface area contributed by atoms with E-state index in [2.05, 4.69) is 4.98 Å². The Morgan fingerprint density at radius 3 is 2.93 bits per heavy atom. The molecule has 1 aromatic heterocycles. The molecular formula is C9H14N2O2S2. The minimum Gasteiger partial charge on any atom is -0.325 e. The number of sulfone groups is 1. The van der Waals surface area contributed by atoms with E-state index in [0.717, 1.165) is 23.5 Å². The lowest BCUT2D eigenvalue weighted by atomic mass is 10.2. The molecule has 1 aliphatic heterocycles. The molecule has 15 heavy (non-hydrogen) atoms. The highest BCUT2D eigenvalue weighted by atomic mass is 32.2. The van der Waals surface area contributed by atoms with Crippen LogP contribution in [0.25, 0.3) is 0 Å². The van der Waals surface area contributed by atoms with Crippen LogP contribution >= 0.6 is 11.3 Å². The molecule has 2 N–H and O–H groups in total. The third-order valence-corrected chi connectivity index (χ3v) is 5.97. The zero-order valence-electron chi connectivity index (χ0n) is 8.35. The van der Waals surface area contributed by atoms with Crippen molar-refractivity contribution < 1.29 is 8.42 Å². The van der Waals surface area contributed by atoms with Crippen molar-refractivity contribution in [3.8, 4) is 0 Å². The minimum absolute atomic E-state index is 0.301. The molecular weight excluding hydrogens is 232 g/mol. The van der Waals surface area contributed by atoms with Crippen LogP contribution in [-0.2, 0) is 16.4 Å². The van der Waals surface area contributed by atoms with Gasteiger partial charge in [0.15, 0.2) is 9.84 Å². The fourth-order valence-electron chi connectivity index (χ4n) is 1.80. The normalized spacial score (nSPS) is 25.3. The third kappa shape index (κ3) is 2.21. The van der Waals surface area contributed by atoms with Crippen molar-refractivity contribution in [2.24, 2.45) is 5.73 Å². The van der Waals surface area contributed by atoms with Crippen LogP contribution in [0.2, 0.25) is 0 Å². The maximum absolute atomic E-state index is 11.8. The van der Waals surface area contributed by atoms with E-state index in [-0.39, 0.29) is 5.25 Å². The zero-order chi connectivity index (χ0) is 10.9. The van der Waals surface area contributed by atoms with Gasteiger partial charge in [-0.2, -0.15) is 0 Å². The van der Waals surface area contributed by atoms with E-state index < -0.39 is 9.84 Å². The van der Waals surface area contributed by atoms with E-state index in [1.54, 1.807) is 0 Å². The molecule has 0 bridgehead atoms. The molecule has 1 saturated heterocycles. The second-order valence-corrected chi connectivity index (χ2v) is 6.93. The van der Waals surface area contributed by atoms with E-state index in [1.165, 1.54) is 11.3 Å². The number of nitrogens with two attached hydrogens (primary N) is 1. The van der Waals surface area contributed by atoms with E-state index >= 15 is 0 Å². The smallest absolute Gasteiger partial charge is 0.159 e. The molecule has 0 saturated carbocycles. The number of nitrogens with zero attached hydrogens (tertiary/aromatic N) is 1. The van der Waals surface area contributed by atoms with Gasteiger partial charge in [-0.15, -0.1) is 11.3 Å². The summed E-state index contributed by atoms with van der Waals surface area (Å²) in [6.07, 6.45) is 2.47. The average molecular weight is 246 g/mol. The Labute approximate surface area is 93.4 Å². The molecule has 1 aromatic rings. The Balaban J connectivity index is 2.29. The first-order chi connectivity index (χ1) is 7.13. The third-order valence-electron chi connectivity index (χ3n) is 2.63. The average Bonchev–Trinajstić information content (AvgIpc) is 2.65. The van der Waals surface area contributed by atoms with Gasteiger partial charge in [-0.3, -0.25) is 0 Å². The molecule has 1 fully saturated rings. The van der Waals surface area contributed by atoms with Gasteiger partial charge in [0.05, 0.1) is 11.4 Å². The largest absolute Gasteiger partial charge is 0.325 e. The minimum atomic E-state index is -2.96. The monoisotopic (exact) mass is 246 g/mol. The Morgan fingerprint density at radius 2 is 2.33 bits per heavy atom. The van der Waals surface area contributed by atoms with Crippen molar-refractivity contribution in [2.45, 2.75) is 31.1 Å². The lowest BCUT2D eigenvalue weighted by Crippen LogP contribution is -2.21. The number of aromatic nitrogens is 1. The molecule has 1 aliphatic rings. The molecule has 6 heteroatoms. The van der Waals surface area contributed by atoms with Gasteiger partial charge in [0.1, 0.15) is 10.3 Å². The van der Waals surface area contributed by atoms with Crippen LogP contribution in [0.15, 0.2) is 5.38 Å². The van der Waals surface area contributed by atoms with Crippen molar-refractivity contribution in [3.05, 3.63) is 16.1 Å². The summed E-state index contributed by atoms with van der Waals surface area (Å²) in [5.41, 5.74) is 6.24. The first-order valence-corrected chi connectivity index (χ1v) is 7.59. The van der Waals surface area contributed by atoms with Crippen LogP contribution in [0.4, 0.5) is 0 Å². The van der Waals surface area contributed by atoms with E-state index in [0.29, 0.717) is 18.7 Å². The van der Waals surface area contributed by atoms with Gasteiger partial charge >= 0.3 is 0 Å². The number of thiazole rings is 1. The highest BCUT2D eigenvalue weighted by Crippen LogP contribution is 2.34. The molecule has 4 nitrogen and oxygen atoms in total. The Hall–Kier alpha value is -0.460. The second kappa shape index (κ2) is 4.19. The maximum atomic E-state index is 11.8. The summed E-state index contributed by atoms with van der Waals surface area (Å²) in [5.74, 6) is 0.301. The van der Waals surface area contributed by atoms with E-state index in [9.17, 15) is 8.42 Å². The number of hydrogen-bond acceptors (Lipinski definition) is 5.